The van der Waals surface area contributed by atoms with Crippen LogP contribution in [0.25, 0.3) is 0 Å². The lowest BCUT2D eigenvalue weighted by atomic mass is 10.1. The number of rotatable bonds is 4. The average molecular weight is 375 g/mol. The minimum absolute atomic E-state index is 0.485. The molecule has 1 aliphatic rings. The maximum atomic E-state index is 5.39. The Bertz CT molecular complexity index is 746. The Morgan fingerprint density at radius 2 is 1.92 bits per heavy atom. The molecule has 132 valence electrons. The van der Waals surface area contributed by atoms with Crippen LogP contribution in [0.4, 0.5) is 10.7 Å². The predicted molar refractivity (Wildman–Crippen MR) is 110 cm³/mol. The van der Waals surface area contributed by atoms with Crippen molar-refractivity contribution in [3.63, 3.8) is 0 Å². The van der Waals surface area contributed by atoms with Gasteiger partial charge in [-0.05, 0) is 49.3 Å². The van der Waals surface area contributed by atoms with Crippen LogP contribution in [0, 0.1) is 13.8 Å². The van der Waals surface area contributed by atoms with Crippen LogP contribution in [0.3, 0.4) is 0 Å². The second-order valence-corrected chi connectivity index (χ2v) is 7.37. The monoisotopic (exact) mass is 374 g/mol. The Morgan fingerprint density at radius 3 is 2.64 bits per heavy atom. The molecule has 1 aromatic carbocycles. The van der Waals surface area contributed by atoms with Gasteiger partial charge in [0.15, 0.2) is 5.11 Å². The van der Waals surface area contributed by atoms with Crippen LogP contribution in [0.15, 0.2) is 35.4 Å². The molecule has 25 heavy (non-hydrogen) atoms. The quantitative estimate of drug-likeness (QED) is 0.487. The molecule has 0 aliphatic carbocycles. The van der Waals surface area contributed by atoms with Gasteiger partial charge in [-0.2, -0.15) is 5.10 Å². The molecule has 0 bridgehead atoms. The molecule has 2 aromatic rings. The number of hydrazone groups is 1. The molecule has 0 saturated carbocycles. The van der Waals surface area contributed by atoms with E-state index in [0.717, 1.165) is 48.0 Å². The van der Waals surface area contributed by atoms with E-state index in [1.165, 1.54) is 5.00 Å². The number of ether oxygens (including phenoxy) is 1. The summed E-state index contributed by atoms with van der Waals surface area (Å²) in [5, 5.41) is 9.19. The van der Waals surface area contributed by atoms with Gasteiger partial charge in [-0.1, -0.05) is 18.2 Å². The number of thiocarbonyl (C=S) groups is 1. The molecular weight excluding hydrogens is 352 g/mol. The highest BCUT2D eigenvalue weighted by atomic mass is 32.1. The third kappa shape index (κ3) is 4.78. The first kappa shape index (κ1) is 17.8. The fraction of sp³-hybridized carbons (Fsp3) is 0.333. The number of hydrogen-bond donors (Lipinski definition) is 2. The molecule has 1 fully saturated rings. The van der Waals surface area contributed by atoms with Crippen molar-refractivity contribution in [3.8, 4) is 0 Å². The van der Waals surface area contributed by atoms with Crippen LogP contribution in [-0.4, -0.2) is 37.6 Å². The molecule has 2 heterocycles. The first-order valence-electron chi connectivity index (χ1n) is 8.22. The van der Waals surface area contributed by atoms with Crippen LogP contribution in [0.2, 0.25) is 0 Å². The molecule has 0 unspecified atom stereocenters. The smallest absolute Gasteiger partial charge is 0.191 e. The van der Waals surface area contributed by atoms with Crippen LogP contribution >= 0.6 is 23.6 Å². The Labute approximate surface area is 157 Å². The molecule has 2 N–H and O–H groups in total. The normalized spacial score (nSPS) is 14.7. The van der Waals surface area contributed by atoms with Crippen LogP contribution in [0.1, 0.15) is 16.0 Å². The minimum atomic E-state index is 0.485. The lowest BCUT2D eigenvalue weighted by molar-refractivity contribution is 0.123. The van der Waals surface area contributed by atoms with Crippen molar-refractivity contribution in [2.75, 3.05) is 36.5 Å². The van der Waals surface area contributed by atoms with Gasteiger partial charge in [-0.15, -0.1) is 11.3 Å². The number of nitrogens with one attached hydrogen (secondary N) is 2. The number of morpholine rings is 1. The summed E-state index contributed by atoms with van der Waals surface area (Å²) in [6.45, 7) is 7.58. The first-order valence-corrected chi connectivity index (χ1v) is 9.45. The van der Waals surface area contributed by atoms with E-state index in [1.807, 2.05) is 6.07 Å². The Kier molecular flexibility index (Phi) is 6.01. The van der Waals surface area contributed by atoms with Crippen LogP contribution < -0.4 is 15.6 Å². The Morgan fingerprint density at radius 1 is 1.20 bits per heavy atom. The number of hydrogen-bond acceptors (Lipinski definition) is 5. The molecule has 0 amide bonds. The van der Waals surface area contributed by atoms with Crippen molar-refractivity contribution < 1.29 is 4.74 Å². The Balaban J connectivity index is 1.54. The summed E-state index contributed by atoms with van der Waals surface area (Å²) in [5.74, 6) is 0. The lowest BCUT2D eigenvalue weighted by Crippen LogP contribution is -2.35. The minimum Gasteiger partial charge on any atom is -0.378 e. The molecule has 0 spiro atoms. The SMILES string of the molecule is Cc1cccc(C)c1NC(=S)NN=Cc1ccc(N2CCOCC2)s1. The molecule has 5 nitrogen and oxygen atoms in total. The highest BCUT2D eigenvalue weighted by Crippen LogP contribution is 2.25. The second-order valence-electron chi connectivity index (χ2n) is 5.87. The van der Waals surface area contributed by atoms with Crippen molar-refractivity contribution in [2.45, 2.75) is 13.8 Å². The number of thiophene rings is 1. The maximum Gasteiger partial charge on any atom is 0.191 e. The number of nitrogens with zero attached hydrogens (tertiary/aromatic N) is 2. The maximum absolute atomic E-state index is 5.39. The number of para-hydroxylation sites is 1. The third-order valence-electron chi connectivity index (χ3n) is 4.01. The largest absolute Gasteiger partial charge is 0.378 e. The van der Waals surface area contributed by atoms with Gasteiger partial charge in [0.25, 0.3) is 0 Å². The van der Waals surface area contributed by atoms with E-state index in [4.69, 9.17) is 17.0 Å². The van der Waals surface area contributed by atoms with E-state index in [-0.39, 0.29) is 0 Å². The van der Waals surface area contributed by atoms with Gasteiger partial charge < -0.3 is 15.0 Å². The summed E-state index contributed by atoms with van der Waals surface area (Å²) >= 11 is 7.04. The molecule has 0 radical (unpaired) electrons. The predicted octanol–water partition coefficient (Wildman–Crippen LogP) is 3.52. The fourth-order valence-electron chi connectivity index (χ4n) is 2.67. The van der Waals surface area contributed by atoms with Crippen molar-refractivity contribution in [1.29, 1.82) is 0 Å². The van der Waals surface area contributed by atoms with Gasteiger partial charge in [0.1, 0.15) is 0 Å². The first-order chi connectivity index (χ1) is 12.1. The molecular formula is C18H22N4OS2. The molecule has 1 aliphatic heterocycles. The standard InChI is InChI=1S/C18H22N4OS2/c1-13-4-3-5-14(2)17(13)20-18(24)21-19-12-15-6-7-16(25-15)22-8-10-23-11-9-22/h3-7,12H,8-11H2,1-2H3,(H2,20,21,24). The fourth-order valence-corrected chi connectivity index (χ4v) is 3.76. The van der Waals surface area contributed by atoms with Crippen molar-refractivity contribution in [3.05, 3.63) is 46.3 Å². The highest BCUT2D eigenvalue weighted by Gasteiger charge is 2.12. The van der Waals surface area contributed by atoms with Gasteiger partial charge in [0, 0.05) is 23.7 Å². The van der Waals surface area contributed by atoms with E-state index in [2.05, 4.69) is 58.9 Å². The summed E-state index contributed by atoms with van der Waals surface area (Å²) in [6.07, 6.45) is 1.80. The van der Waals surface area contributed by atoms with Gasteiger partial charge >= 0.3 is 0 Å². The van der Waals surface area contributed by atoms with Crippen molar-refractivity contribution >= 4 is 45.6 Å². The zero-order valence-electron chi connectivity index (χ0n) is 14.4. The third-order valence-corrected chi connectivity index (χ3v) is 5.29. The highest BCUT2D eigenvalue weighted by molar-refractivity contribution is 7.80. The summed E-state index contributed by atoms with van der Waals surface area (Å²) in [5.41, 5.74) is 6.22. The molecule has 3 rings (SSSR count). The van der Waals surface area contributed by atoms with Crippen molar-refractivity contribution in [2.24, 2.45) is 5.10 Å². The zero-order valence-corrected chi connectivity index (χ0v) is 16.0. The van der Waals surface area contributed by atoms with E-state index in [0.29, 0.717) is 5.11 Å². The van der Waals surface area contributed by atoms with Crippen LogP contribution in [0.5, 0.6) is 0 Å². The molecule has 7 heteroatoms. The second kappa shape index (κ2) is 8.42. The topological polar surface area (TPSA) is 48.9 Å². The van der Waals surface area contributed by atoms with Gasteiger partial charge in [0.2, 0.25) is 0 Å². The summed E-state index contributed by atoms with van der Waals surface area (Å²) in [4.78, 5) is 3.43. The number of aryl methyl sites for hydroxylation is 2. The molecule has 1 saturated heterocycles. The zero-order chi connectivity index (χ0) is 17.6. The summed E-state index contributed by atoms with van der Waals surface area (Å²) in [6, 6.07) is 10.3. The lowest BCUT2D eigenvalue weighted by Gasteiger charge is -2.27. The van der Waals surface area contributed by atoms with E-state index in [1.54, 1.807) is 17.6 Å². The molecule has 1 aromatic heterocycles. The van der Waals surface area contributed by atoms with Gasteiger partial charge in [0.05, 0.1) is 24.4 Å². The van der Waals surface area contributed by atoms with Gasteiger partial charge in [-0.3, -0.25) is 5.43 Å². The van der Waals surface area contributed by atoms with E-state index < -0.39 is 0 Å². The summed E-state index contributed by atoms with van der Waals surface area (Å²) in [7, 11) is 0. The Hall–Kier alpha value is -1.96. The van der Waals surface area contributed by atoms with Crippen LogP contribution in [-0.2, 0) is 4.74 Å². The number of anilines is 2. The van der Waals surface area contributed by atoms with Gasteiger partial charge in [-0.25, -0.2) is 0 Å². The van der Waals surface area contributed by atoms with Crippen molar-refractivity contribution in [1.82, 2.24) is 5.43 Å². The molecule has 0 atom stereocenters. The van der Waals surface area contributed by atoms with E-state index in [9.17, 15) is 0 Å². The number of benzene rings is 1. The summed E-state index contributed by atoms with van der Waals surface area (Å²) < 4.78 is 5.39. The van der Waals surface area contributed by atoms with E-state index >= 15 is 0 Å². The average Bonchev–Trinajstić information content (AvgIpc) is 3.08.